The lowest BCUT2D eigenvalue weighted by molar-refractivity contribution is -0.165. The predicted molar refractivity (Wildman–Crippen MR) is 91.5 cm³/mol. The number of esters is 2. The van der Waals surface area contributed by atoms with Gasteiger partial charge in [0.05, 0.1) is 0 Å². The van der Waals surface area contributed by atoms with Crippen LogP contribution in [0.3, 0.4) is 0 Å². The fourth-order valence-corrected chi connectivity index (χ4v) is 2.73. The van der Waals surface area contributed by atoms with Crippen LogP contribution in [-0.4, -0.2) is 54.7 Å². The van der Waals surface area contributed by atoms with Crippen LogP contribution in [0.25, 0.3) is 0 Å². The number of hydrogen-bond acceptors (Lipinski definition) is 6. The van der Waals surface area contributed by atoms with E-state index in [1.54, 1.807) is 0 Å². The van der Waals surface area contributed by atoms with Crippen LogP contribution in [0.5, 0.6) is 0 Å². The molecule has 1 aliphatic rings. The highest BCUT2D eigenvalue weighted by Crippen LogP contribution is 2.27. The number of nitrogens with zero attached hydrogens (tertiary/aromatic N) is 1. The minimum absolute atomic E-state index is 0.162. The molecule has 7 nitrogen and oxygen atoms in total. The summed E-state index contributed by atoms with van der Waals surface area (Å²) in [7, 11) is 1.50. The third-order valence-corrected chi connectivity index (χ3v) is 3.73. The van der Waals surface area contributed by atoms with Gasteiger partial charge in [0.2, 0.25) is 6.10 Å². The molecule has 1 amide bonds. The van der Waals surface area contributed by atoms with Gasteiger partial charge in [0, 0.05) is 27.5 Å². The van der Waals surface area contributed by atoms with Crippen molar-refractivity contribution >= 4 is 17.8 Å². The zero-order valence-corrected chi connectivity index (χ0v) is 14.9. The van der Waals surface area contributed by atoms with E-state index < -0.39 is 36.1 Å². The van der Waals surface area contributed by atoms with Crippen LogP contribution in [0, 0.1) is 11.8 Å². The molecule has 2 rings (SSSR count). The maximum atomic E-state index is 12.8. The van der Waals surface area contributed by atoms with Gasteiger partial charge in [-0.15, -0.1) is 0 Å². The van der Waals surface area contributed by atoms with Gasteiger partial charge >= 0.3 is 11.9 Å². The van der Waals surface area contributed by atoms with Crippen molar-refractivity contribution in [3.63, 3.8) is 0 Å². The predicted octanol–water partition coefficient (Wildman–Crippen LogP) is 0.911. The first kappa shape index (κ1) is 19.5. The molecule has 1 saturated heterocycles. The summed E-state index contributed by atoms with van der Waals surface area (Å²) in [5.41, 5.74) is 0.879. The molecule has 0 saturated carbocycles. The molecular weight excluding hydrogens is 338 g/mol. The van der Waals surface area contributed by atoms with Crippen molar-refractivity contribution in [3.05, 3.63) is 35.9 Å². The molecule has 1 unspecified atom stereocenters. The molecular formula is C19H21NO6. The van der Waals surface area contributed by atoms with E-state index in [2.05, 4.69) is 11.8 Å². The lowest BCUT2D eigenvalue weighted by Crippen LogP contribution is -2.39. The van der Waals surface area contributed by atoms with E-state index in [0.717, 1.165) is 5.56 Å². The van der Waals surface area contributed by atoms with Gasteiger partial charge < -0.3 is 19.1 Å². The Bertz CT molecular complexity index is 721. The van der Waals surface area contributed by atoms with Crippen LogP contribution in [-0.2, 0) is 35.1 Å². The van der Waals surface area contributed by atoms with E-state index in [1.165, 1.54) is 25.9 Å². The molecule has 0 radical (unpaired) electrons. The SMILES string of the molecule is COCC#CC1[C@H](OC(C)=O)[C@@H](OC(C)=O)C(=O)N1Cc1ccccc1. The van der Waals surface area contributed by atoms with Crippen molar-refractivity contribution in [1.82, 2.24) is 4.90 Å². The van der Waals surface area contributed by atoms with Gasteiger partial charge in [-0.2, -0.15) is 0 Å². The maximum Gasteiger partial charge on any atom is 0.303 e. The van der Waals surface area contributed by atoms with Gasteiger partial charge in [-0.3, -0.25) is 14.4 Å². The van der Waals surface area contributed by atoms with E-state index in [4.69, 9.17) is 14.2 Å². The first-order valence-corrected chi connectivity index (χ1v) is 8.10. The summed E-state index contributed by atoms with van der Waals surface area (Å²) >= 11 is 0. The summed E-state index contributed by atoms with van der Waals surface area (Å²) in [5, 5.41) is 0. The number of methoxy groups -OCH3 is 1. The lowest BCUT2D eigenvalue weighted by atomic mass is 10.1. The summed E-state index contributed by atoms with van der Waals surface area (Å²) < 4.78 is 15.3. The third kappa shape index (κ3) is 4.83. The zero-order valence-electron chi connectivity index (χ0n) is 14.9. The van der Waals surface area contributed by atoms with Gasteiger partial charge in [0.25, 0.3) is 5.91 Å². The van der Waals surface area contributed by atoms with E-state index in [0.29, 0.717) is 0 Å². The van der Waals surface area contributed by atoms with Crippen molar-refractivity contribution in [2.75, 3.05) is 13.7 Å². The molecule has 26 heavy (non-hydrogen) atoms. The molecule has 0 bridgehead atoms. The highest BCUT2D eigenvalue weighted by molar-refractivity contribution is 5.88. The van der Waals surface area contributed by atoms with Crippen LogP contribution in [0.4, 0.5) is 0 Å². The molecule has 0 aliphatic carbocycles. The molecule has 0 N–H and O–H groups in total. The maximum absolute atomic E-state index is 12.8. The summed E-state index contributed by atoms with van der Waals surface area (Å²) in [5.74, 6) is 4.03. The topological polar surface area (TPSA) is 82.1 Å². The van der Waals surface area contributed by atoms with Crippen LogP contribution in [0.15, 0.2) is 30.3 Å². The number of hydrogen-bond donors (Lipinski definition) is 0. The van der Waals surface area contributed by atoms with Crippen molar-refractivity contribution in [1.29, 1.82) is 0 Å². The third-order valence-electron chi connectivity index (χ3n) is 3.73. The van der Waals surface area contributed by atoms with Crippen molar-refractivity contribution in [2.45, 2.75) is 38.6 Å². The molecule has 1 aromatic rings. The summed E-state index contributed by atoms with van der Waals surface area (Å²) in [6.07, 6.45) is -2.22. The number of benzene rings is 1. The zero-order chi connectivity index (χ0) is 19.1. The number of rotatable bonds is 5. The summed E-state index contributed by atoms with van der Waals surface area (Å²) in [6, 6.07) is 8.57. The Morgan fingerprint density at radius 3 is 2.35 bits per heavy atom. The summed E-state index contributed by atoms with van der Waals surface area (Å²) in [6.45, 7) is 2.84. The Balaban J connectivity index is 2.37. The number of carbonyl (C=O) groups excluding carboxylic acids is 3. The van der Waals surface area contributed by atoms with Gasteiger partial charge in [0.1, 0.15) is 12.6 Å². The van der Waals surface area contributed by atoms with E-state index >= 15 is 0 Å². The second-order valence-electron chi connectivity index (χ2n) is 5.75. The fourth-order valence-electron chi connectivity index (χ4n) is 2.73. The first-order chi connectivity index (χ1) is 12.4. The minimum Gasteiger partial charge on any atom is -0.455 e. The van der Waals surface area contributed by atoms with Crippen molar-refractivity contribution in [3.8, 4) is 11.8 Å². The Kier molecular flexibility index (Phi) is 6.75. The molecule has 1 aliphatic heterocycles. The Labute approximate surface area is 152 Å². The average Bonchev–Trinajstić information content (AvgIpc) is 2.81. The number of ether oxygens (including phenoxy) is 3. The second kappa shape index (κ2) is 9.02. The van der Waals surface area contributed by atoms with Gasteiger partial charge in [-0.25, -0.2) is 0 Å². The quantitative estimate of drug-likeness (QED) is 0.574. The number of amides is 1. The Morgan fingerprint density at radius 1 is 1.12 bits per heavy atom. The molecule has 138 valence electrons. The van der Waals surface area contributed by atoms with Gasteiger partial charge in [-0.05, 0) is 5.56 Å². The standard InChI is InChI=1S/C19H21NO6/c1-13(21)25-17-16(10-7-11-24-3)20(12-15-8-5-4-6-9-15)19(23)18(17)26-14(2)22/h4-6,8-9,16-18H,11-12H2,1-3H3/t16?,17-,18+/m0/s1. The van der Waals surface area contributed by atoms with E-state index in [9.17, 15) is 14.4 Å². The molecule has 1 heterocycles. The summed E-state index contributed by atoms with van der Waals surface area (Å²) in [4.78, 5) is 37.2. The van der Waals surface area contributed by atoms with E-state index in [-0.39, 0.29) is 13.2 Å². The highest BCUT2D eigenvalue weighted by atomic mass is 16.6. The highest BCUT2D eigenvalue weighted by Gasteiger charge is 2.51. The second-order valence-corrected chi connectivity index (χ2v) is 5.75. The van der Waals surface area contributed by atoms with Crippen LogP contribution < -0.4 is 0 Å². The van der Waals surface area contributed by atoms with Crippen LogP contribution in [0.2, 0.25) is 0 Å². The largest absolute Gasteiger partial charge is 0.455 e. The fraction of sp³-hybridized carbons (Fsp3) is 0.421. The molecule has 3 atom stereocenters. The normalized spacial score (nSPS) is 21.7. The molecule has 7 heteroatoms. The number of likely N-dealkylation sites (tertiary alicyclic amines) is 1. The van der Waals surface area contributed by atoms with Crippen LogP contribution >= 0.6 is 0 Å². The van der Waals surface area contributed by atoms with Gasteiger partial charge in [-0.1, -0.05) is 42.2 Å². The monoisotopic (exact) mass is 359 g/mol. The Hall–Kier alpha value is -2.85. The average molecular weight is 359 g/mol. The Morgan fingerprint density at radius 2 is 1.77 bits per heavy atom. The molecule has 1 aromatic carbocycles. The molecule has 0 aromatic heterocycles. The molecule has 0 spiro atoms. The smallest absolute Gasteiger partial charge is 0.303 e. The van der Waals surface area contributed by atoms with E-state index in [1.807, 2.05) is 30.3 Å². The number of carbonyl (C=O) groups is 3. The van der Waals surface area contributed by atoms with Crippen molar-refractivity contribution < 1.29 is 28.6 Å². The molecule has 1 fully saturated rings. The van der Waals surface area contributed by atoms with Gasteiger partial charge in [0.15, 0.2) is 6.10 Å². The first-order valence-electron chi connectivity index (χ1n) is 8.10. The minimum atomic E-state index is -1.22. The van der Waals surface area contributed by atoms with Crippen molar-refractivity contribution in [2.24, 2.45) is 0 Å². The van der Waals surface area contributed by atoms with Crippen LogP contribution in [0.1, 0.15) is 19.4 Å². The lowest BCUT2D eigenvalue weighted by Gasteiger charge is -2.23.